The second-order valence-corrected chi connectivity index (χ2v) is 7.31. The zero-order chi connectivity index (χ0) is 18.9. The van der Waals surface area contributed by atoms with Gasteiger partial charge in [-0.1, -0.05) is 56.0 Å². The maximum atomic E-state index is 12.8. The average Bonchev–Trinajstić information content (AvgIpc) is 2.94. The van der Waals surface area contributed by atoms with Crippen LogP contribution in [0.15, 0.2) is 30.3 Å². The lowest BCUT2D eigenvalue weighted by Crippen LogP contribution is -2.40. The zero-order valence-electron chi connectivity index (χ0n) is 16.1. The zero-order valence-corrected chi connectivity index (χ0v) is 16.1. The van der Waals surface area contributed by atoms with Crippen LogP contribution >= 0.6 is 0 Å². The molecule has 2 N–H and O–H groups in total. The van der Waals surface area contributed by atoms with Crippen LogP contribution in [0.3, 0.4) is 0 Å². The highest BCUT2D eigenvalue weighted by Gasteiger charge is 2.24. The van der Waals surface area contributed by atoms with Gasteiger partial charge in [0.1, 0.15) is 11.9 Å². The minimum absolute atomic E-state index is 0.0445. The van der Waals surface area contributed by atoms with Crippen molar-refractivity contribution >= 4 is 5.91 Å². The summed E-state index contributed by atoms with van der Waals surface area (Å²) in [6, 6.07) is 10.1. The molecular weight excluding hydrogens is 340 g/mol. The lowest BCUT2D eigenvalue weighted by molar-refractivity contribution is -0.124. The quantitative estimate of drug-likeness (QED) is 0.550. The number of aromatic nitrogens is 4. The van der Waals surface area contributed by atoms with E-state index in [-0.39, 0.29) is 5.91 Å². The fourth-order valence-corrected chi connectivity index (χ4v) is 3.72. The summed E-state index contributed by atoms with van der Waals surface area (Å²) in [6.07, 6.45) is 8.36. The number of carbonyl (C=O) groups excluding carboxylic acids is 1. The van der Waals surface area contributed by atoms with E-state index in [1.165, 1.54) is 38.5 Å². The molecule has 1 aromatic carbocycles. The van der Waals surface area contributed by atoms with E-state index in [4.69, 9.17) is 0 Å². The van der Waals surface area contributed by atoms with Gasteiger partial charge >= 0.3 is 0 Å². The second-order valence-electron chi connectivity index (χ2n) is 7.31. The lowest BCUT2D eigenvalue weighted by Gasteiger charge is -2.19. The Morgan fingerprint density at radius 1 is 1.15 bits per heavy atom. The molecule has 0 bridgehead atoms. The molecule has 0 aliphatic heterocycles. The maximum absolute atomic E-state index is 12.8. The number of hydrogen-bond acceptors (Lipinski definition) is 5. The summed E-state index contributed by atoms with van der Waals surface area (Å²) in [4.78, 5) is 12.8. The van der Waals surface area contributed by atoms with Crippen molar-refractivity contribution < 1.29 is 4.79 Å². The molecule has 0 radical (unpaired) electrons. The summed E-state index contributed by atoms with van der Waals surface area (Å²) in [7, 11) is 0. The number of aryl methyl sites for hydroxylation is 1. The summed E-state index contributed by atoms with van der Waals surface area (Å²) in [5.74, 6) is 0.597. The van der Waals surface area contributed by atoms with Gasteiger partial charge in [0.15, 0.2) is 0 Å². The number of hydrogen-bond donors (Lipinski definition) is 2. The van der Waals surface area contributed by atoms with Gasteiger partial charge in [0.25, 0.3) is 0 Å². The third-order valence-electron chi connectivity index (χ3n) is 5.24. The van der Waals surface area contributed by atoms with Crippen LogP contribution in [-0.2, 0) is 11.2 Å². The van der Waals surface area contributed by atoms with Crippen LogP contribution in [0.4, 0.5) is 0 Å². The van der Waals surface area contributed by atoms with E-state index in [9.17, 15) is 4.79 Å². The Morgan fingerprint density at radius 2 is 1.89 bits per heavy atom. The minimum atomic E-state index is -0.444. The number of nitrogens with zero attached hydrogens (tertiary/aromatic N) is 4. The summed E-state index contributed by atoms with van der Waals surface area (Å²) < 4.78 is 1.61. The summed E-state index contributed by atoms with van der Waals surface area (Å²) in [6.45, 7) is 3.23. The summed E-state index contributed by atoms with van der Waals surface area (Å²) >= 11 is 0. The van der Waals surface area contributed by atoms with Gasteiger partial charge < -0.3 is 10.6 Å². The molecule has 7 nitrogen and oxygen atoms in total. The highest BCUT2D eigenvalue weighted by atomic mass is 16.2. The predicted octanol–water partition coefficient (Wildman–Crippen LogP) is 2.19. The van der Waals surface area contributed by atoms with E-state index in [2.05, 4.69) is 26.2 Å². The Balaban J connectivity index is 1.54. The van der Waals surface area contributed by atoms with Crippen molar-refractivity contribution in [2.24, 2.45) is 0 Å². The third kappa shape index (κ3) is 5.85. The number of carbonyl (C=O) groups is 1. The first-order valence-corrected chi connectivity index (χ1v) is 10.0. The van der Waals surface area contributed by atoms with E-state index in [0.29, 0.717) is 24.8 Å². The largest absolute Gasteiger partial charge is 0.353 e. The molecule has 3 rings (SSSR count). The van der Waals surface area contributed by atoms with Crippen LogP contribution in [0.5, 0.6) is 0 Å². The fourth-order valence-electron chi connectivity index (χ4n) is 3.72. The van der Waals surface area contributed by atoms with Gasteiger partial charge in [0, 0.05) is 25.6 Å². The molecule has 27 heavy (non-hydrogen) atoms. The molecule has 146 valence electrons. The van der Waals surface area contributed by atoms with Crippen molar-refractivity contribution in [2.75, 3.05) is 13.1 Å². The van der Waals surface area contributed by atoms with Gasteiger partial charge in [0.05, 0.1) is 0 Å². The van der Waals surface area contributed by atoms with Gasteiger partial charge in [-0.15, -0.1) is 5.10 Å². The average molecular weight is 371 g/mol. The van der Waals surface area contributed by atoms with Crippen LogP contribution in [-0.4, -0.2) is 45.2 Å². The topological polar surface area (TPSA) is 84.7 Å². The SMILES string of the molecule is Cc1nnnn1C(Cc1ccccc1)C(=O)NCCNC1CCCCCC1. The minimum Gasteiger partial charge on any atom is -0.353 e. The Kier molecular flexibility index (Phi) is 7.33. The summed E-state index contributed by atoms with van der Waals surface area (Å²) in [5.41, 5.74) is 1.09. The molecule has 1 aromatic heterocycles. The Bertz CT molecular complexity index is 694. The van der Waals surface area contributed by atoms with Crippen molar-refractivity contribution in [3.8, 4) is 0 Å². The van der Waals surface area contributed by atoms with Gasteiger partial charge in [-0.2, -0.15) is 0 Å². The summed E-state index contributed by atoms with van der Waals surface area (Å²) in [5, 5.41) is 18.3. The van der Waals surface area contributed by atoms with Crippen molar-refractivity contribution in [3.05, 3.63) is 41.7 Å². The number of nitrogens with one attached hydrogen (secondary N) is 2. The first-order chi connectivity index (χ1) is 13.2. The molecule has 1 heterocycles. The molecule has 2 aromatic rings. The number of benzene rings is 1. The smallest absolute Gasteiger partial charge is 0.245 e. The van der Waals surface area contributed by atoms with E-state index >= 15 is 0 Å². The highest BCUT2D eigenvalue weighted by Crippen LogP contribution is 2.17. The molecule has 1 aliphatic carbocycles. The second kappa shape index (κ2) is 10.2. The molecular formula is C20H30N6O. The molecule has 7 heteroatoms. The van der Waals surface area contributed by atoms with E-state index in [0.717, 1.165) is 12.1 Å². The van der Waals surface area contributed by atoms with Gasteiger partial charge in [-0.25, -0.2) is 4.68 Å². The third-order valence-corrected chi connectivity index (χ3v) is 5.24. The van der Waals surface area contributed by atoms with E-state index in [1.807, 2.05) is 37.3 Å². The van der Waals surface area contributed by atoms with E-state index in [1.54, 1.807) is 4.68 Å². The van der Waals surface area contributed by atoms with Crippen molar-refractivity contribution in [1.82, 2.24) is 30.8 Å². The normalized spacial score (nSPS) is 16.6. The Morgan fingerprint density at radius 3 is 2.56 bits per heavy atom. The van der Waals surface area contributed by atoms with Crippen LogP contribution in [0.2, 0.25) is 0 Å². The number of rotatable bonds is 8. The molecule has 0 saturated heterocycles. The number of tetrazole rings is 1. The van der Waals surface area contributed by atoms with Gasteiger partial charge in [-0.05, 0) is 35.8 Å². The first kappa shape index (κ1) is 19.5. The van der Waals surface area contributed by atoms with Crippen LogP contribution < -0.4 is 10.6 Å². The molecule has 1 aliphatic rings. The van der Waals surface area contributed by atoms with Gasteiger partial charge in [0.2, 0.25) is 5.91 Å². The standard InChI is InChI=1S/C20H30N6O/c1-16-23-24-25-26(16)19(15-17-9-5-4-6-10-17)20(27)22-14-13-21-18-11-7-2-3-8-12-18/h4-6,9-10,18-19,21H,2-3,7-8,11-15H2,1H3,(H,22,27). The monoisotopic (exact) mass is 370 g/mol. The lowest BCUT2D eigenvalue weighted by atomic mass is 10.1. The molecule has 1 unspecified atom stereocenters. The molecule has 1 saturated carbocycles. The number of amides is 1. The maximum Gasteiger partial charge on any atom is 0.245 e. The van der Waals surface area contributed by atoms with Crippen molar-refractivity contribution in [2.45, 2.75) is 64.0 Å². The molecule has 1 fully saturated rings. The van der Waals surface area contributed by atoms with Crippen LogP contribution in [0.1, 0.15) is 56.0 Å². The molecule has 1 amide bonds. The van der Waals surface area contributed by atoms with Crippen molar-refractivity contribution in [3.63, 3.8) is 0 Å². The predicted molar refractivity (Wildman–Crippen MR) is 104 cm³/mol. The first-order valence-electron chi connectivity index (χ1n) is 10.0. The van der Waals surface area contributed by atoms with Crippen LogP contribution in [0, 0.1) is 6.92 Å². The van der Waals surface area contributed by atoms with Crippen LogP contribution in [0.25, 0.3) is 0 Å². The molecule has 1 atom stereocenters. The Hall–Kier alpha value is -2.28. The highest BCUT2D eigenvalue weighted by molar-refractivity contribution is 5.80. The van der Waals surface area contributed by atoms with Gasteiger partial charge in [-0.3, -0.25) is 4.79 Å². The Labute approximate surface area is 160 Å². The van der Waals surface area contributed by atoms with Crippen molar-refractivity contribution in [1.29, 1.82) is 0 Å². The fraction of sp³-hybridized carbons (Fsp3) is 0.600. The van der Waals surface area contributed by atoms with E-state index < -0.39 is 6.04 Å². The molecule has 0 spiro atoms.